The number of hydrogen-bond acceptors (Lipinski definition) is 4. The fourth-order valence-corrected chi connectivity index (χ4v) is 2.80. The maximum Gasteiger partial charge on any atom is 0.307 e. The van der Waals surface area contributed by atoms with Crippen molar-refractivity contribution in [2.45, 2.75) is 36.2 Å². The Hall–Kier alpha value is -1.56. The van der Waals surface area contributed by atoms with Crippen molar-refractivity contribution < 1.29 is 23.1 Å². The lowest BCUT2D eigenvalue weighted by Gasteiger charge is -2.40. The highest BCUT2D eigenvalue weighted by Gasteiger charge is 2.41. The van der Waals surface area contributed by atoms with Crippen molar-refractivity contribution in [3.05, 3.63) is 24.3 Å². The van der Waals surface area contributed by atoms with Gasteiger partial charge in [0.05, 0.1) is 11.3 Å². The molecule has 1 fully saturated rings. The Morgan fingerprint density at radius 3 is 2.26 bits per heavy atom. The van der Waals surface area contributed by atoms with Crippen LogP contribution in [0, 0.1) is 0 Å². The predicted molar refractivity (Wildman–Crippen MR) is 69.0 cm³/mol. The van der Waals surface area contributed by atoms with E-state index in [0.29, 0.717) is 18.6 Å². The van der Waals surface area contributed by atoms with E-state index in [4.69, 9.17) is 9.84 Å². The number of hydrogen-bond donors (Lipinski definition) is 1. The SMILES string of the molecule is CS(=O)(=O)c1ccc(OC2(CC(=O)O)CCC2)cc1. The van der Waals surface area contributed by atoms with Crippen molar-refractivity contribution in [1.29, 1.82) is 0 Å². The molecule has 0 aromatic heterocycles. The molecule has 1 N–H and O–H groups in total. The predicted octanol–water partition coefficient (Wildman–Crippen LogP) is 1.87. The van der Waals surface area contributed by atoms with E-state index in [1.165, 1.54) is 12.1 Å². The second kappa shape index (κ2) is 4.85. The van der Waals surface area contributed by atoms with E-state index in [1.54, 1.807) is 12.1 Å². The molecular weight excluding hydrogens is 268 g/mol. The topological polar surface area (TPSA) is 80.7 Å². The van der Waals surface area contributed by atoms with Crippen LogP contribution in [-0.4, -0.2) is 31.4 Å². The standard InChI is InChI=1S/C13H16O5S/c1-19(16,17)11-5-3-10(4-6-11)18-13(7-2-8-13)9-12(14)15/h3-6H,2,7-9H2,1H3,(H,14,15). The number of carboxylic acid groups (broad SMARTS) is 1. The highest BCUT2D eigenvalue weighted by molar-refractivity contribution is 7.90. The Bertz CT molecular complexity index is 570. The molecule has 0 unspecified atom stereocenters. The molecule has 1 aliphatic rings. The Labute approximate surface area is 112 Å². The number of carboxylic acids is 1. The molecule has 0 saturated heterocycles. The molecule has 0 bridgehead atoms. The number of carbonyl (C=O) groups is 1. The zero-order chi connectivity index (χ0) is 14.1. The van der Waals surface area contributed by atoms with Crippen molar-refractivity contribution in [1.82, 2.24) is 0 Å². The van der Waals surface area contributed by atoms with Gasteiger partial charge in [0.1, 0.15) is 11.4 Å². The maximum atomic E-state index is 11.3. The Morgan fingerprint density at radius 2 is 1.89 bits per heavy atom. The van der Waals surface area contributed by atoms with Gasteiger partial charge in [0, 0.05) is 6.26 Å². The third kappa shape index (κ3) is 3.26. The minimum atomic E-state index is -3.22. The van der Waals surface area contributed by atoms with Gasteiger partial charge in [-0.2, -0.15) is 0 Å². The molecule has 1 aromatic rings. The van der Waals surface area contributed by atoms with Crippen LogP contribution in [0.25, 0.3) is 0 Å². The first kappa shape index (κ1) is 13.9. The fraction of sp³-hybridized carbons (Fsp3) is 0.462. The lowest BCUT2D eigenvalue weighted by Crippen LogP contribution is -2.45. The maximum absolute atomic E-state index is 11.3. The minimum absolute atomic E-state index is 0.0270. The zero-order valence-electron chi connectivity index (χ0n) is 10.6. The second-order valence-corrected chi connectivity index (χ2v) is 6.97. The van der Waals surface area contributed by atoms with Crippen LogP contribution in [0.2, 0.25) is 0 Å². The fourth-order valence-electron chi connectivity index (χ4n) is 2.17. The van der Waals surface area contributed by atoms with Gasteiger partial charge in [-0.05, 0) is 43.5 Å². The van der Waals surface area contributed by atoms with Gasteiger partial charge in [-0.1, -0.05) is 0 Å². The average molecular weight is 284 g/mol. The van der Waals surface area contributed by atoms with Gasteiger partial charge in [-0.15, -0.1) is 0 Å². The monoisotopic (exact) mass is 284 g/mol. The molecule has 1 aromatic carbocycles. The van der Waals surface area contributed by atoms with Crippen LogP contribution < -0.4 is 4.74 Å². The molecule has 0 amide bonds. The van der Waals surface area contributed by atoms with Crippen LogP contribution >= 0.6 is 0 Å². The number of benzene rings is 1. The van der Waals surface area contributed by atoms with E-state index >= 15 is 0 Å². The van der Waals surface area contributed by atoms with Crippen LogP contribution in [0.5, 0.6) is 5.75 Å². The zero-order valence-corrected chi connectivity index (χ0v) is 11.4. The molecule has 6 heteroatoms. The van der Waals surface area contributed by atoms with Crippen LogP contribution in [0.4, 0.5) is 0 Å². The van der Waals surface area contributed by atoms with Gasteiger partial charge in [0.15, 0.2) is 9.84 Å². The van der Waals surface area contributed by atoms with Crippen molar-refractivity contribution in [3.8, 4) is 5.75 Å². The molecule has 2 rings (SSSR count). The molecule has 1 aliphatic carbocycles. The lowest BCUT2D eigenvalue weighted by atomic mass is 9.77. The molecule has 1 saturated carbocycles. The summed E-state index contributed by atoms with van der Waals surface area (Å²) >= 11 is 0. The highest BCUT2D eigenvalue weighted by Crippen LogP contribution is 2.39. The van der Waals surface area contributed by atoms with Crippen molar-refractivity contribution in [2.75, 3.05) is 6.26 Å². The molecule has 5 nitrogen and oxygen atoms in total. The quantitative estimate of drug-likeness (QED) is 0.892. The first-order chi connectivity index (χ1) is 8.81. The summed E-state index contributed by atoms with van der Waals surface area (Å²) in [5.74, 6) is -0.374. The average Bonchev–Trinajstić information content (AvgIpc) is 2.25. The smallest absolute Gasteiger partial charge is 0.307 e. The molecule has 0 spiro atoms. The summed E-state index contributed by atoms with van der Waals surface area (Å²) in [5, 5.41) is 8.88. The van der Waals surface area contributed by atoms with Crippen LogP contribution in [0.3, 0.4) is 0 Å². The Kier molecular flexibility index (Phi) is 3.54. The van der Waals surface area contributed by atoms with Crippen LogP contribution in [0.1, 0.15) is 25.7 Å². The van der Waals surface area contributed by atoms with Crippen LogP contribution in [0.15, 0.2) is 29.2 Å². The molecule has 0 heterocycles. The van der Waals surface area contributed by atoms with E-state index in [0.717, 1.165) is 12.7 Å². The Morgan fingerprint density at radius 1 is 1.32 bits per heavy atom. The Balaban J connectivity index is 2.13. The first-order valence-corrected chi connectivity index (χ1v) is 7.91. The van der Waals surface area contributed by atoms with Gasteiger partial charge in [0.2, 0.25) is 0 Å². The van der Waals surface area contributed by atoms with E-state index in [2.05, 4.69) is 0 Å². The third-order valence-electron chi connectivity index (χ3n) is 3.32. The molecule has 0 atom stereocenters. The normalized spacial score (nSPS) is 17.5. The number of ether oxygens (including phenoxy) is 1. The van der Waals surface area contributed by atoms with Crippen molar-refractivity contribution in [3.63, 3.8) is 0 Å². The van der Waals surface area contributed by atoms with Gasteiger partial charge >= 0.3 is 5.97 Å². The van der Waals surface area contributed by atoms with Crippen LogP contribution in [-0.2, 0) is 14.6 Å². The van der Waals surface area contributed by atoms with Gasteiger partial charge in [-0.3, -0.25) is 4.79 Å². The van der Waals surface area contributed by atoms with Gasteiger partial charge in [-0.25, -0.2) is 8.42 Å². The second-order valence-electron chi connectivity index (χ2n) is 4.95. The summed E-state index contributed by atoms with van der Waals surface area (Å²) in [4.78, 5) is 11.0. The number of sulfone groups is 1. The summed E-state index contributed by atoms with van der Waals surface area (Å²) < 4.78 is 28.4. The summed E-state index contributed by atoms with van der Waals surface area (Å²) in [7, 11) is -3.22. The van der Waals surface area contributed by atoms with E-state index in [1.807, 2.05) is 0 Å². The molecule has 0 radical (unpaired) electrons. The third-order valence-corrected chi connectivity index (χ3v) is 4.45. The molecule has 19 heavy (non-hydrogen) atoms. The lowest BCUT2D eigenvalue weighted by molar-refractivity contribution is -0.144. The summed E-state index contributed by atoms with van der Waals surface area (Å²) in [6.07, 6.45) is 3.50. The van der Waals surface area contributed by atoms with Gasteiger partial charge in [0.25, 0.3) is 0 Å². The minimum Gasteiger partial charge on any atom is -0.487 e. The van der Waals surface area contributed by atoms with E-state index < -0.39 is 21.4 Å². The van der Waals surface area contributed by atoms with Crippen molar-refractivity contribution in [2.24, 2.45) is 0 Å². The number of aliphatic carboxylic acids is 1. The highest BCUT2D eigenvalue weighted by atomic mass is 32.2. The van der Waals surface area contributed by atoms with E-state index in [9.17, 15) is 13.2 Å². The molecule has 104 valence electrons. The molecular formula is C13H16O5S. The van der Waals surface area contributed by atoms with E-state index in [-0.39, 0.29) is 11.3 Å². The van der Waals surface area contributed by atoms with Gasteiger partial charge < -0.3 is 9.84 Å². The largest absolute Gasteiger partial charge is 0.487 e. The summed E-state index contributed by atoms with van der Waals surface area (Å²) in [5.41, 5.74) is -0.627. The molecule has 0 aliphatic heterocycles. The summed E-state index contributed by atoms with van der Waals surface area (Å²) in [6, 6.07) is 6.08. The summed E-state index contributed by atoms with van der Waals surface area (Å²) in [6.45, 7) is 0. The van der Waals surface area contributed by atoms with Crippen molar-refractivity contribution >= 4 is 15.8 Å². The number of rotatable bonds is 5. The first-order valence-electron chi connectivity index (χ1n) is 6.02.